The Balaban J connectivity index is 2.38. The van der Waals surface area contributed by atoms with Crippen molar-refractivity contribution in [3.63, 3.8) is 0 Å². The lowest BCUT2D eigenvalue weighted by Crippen LogP contribution is -2.49. The molecule has 2 aromatic rings. The highest BCUT2D eigenvalue weighted by molar-refractivity contribution is 6.06. The summed E-state index contributed by atoms with van der Waals surface area (Å²) in [5.41, 5.74) is 0.316. The van der Waals surface area contributed by atoms with Crippen LogP contribution in [0.15, 0.2) is 24.3 Å². The summed E-state index contributed by atoms with van der Waals surface area (Å²) in [5, 5.41) is 17.1. The summed E-state index contributed by atoms with van der Waals surface area (Å²) < 4.78 is 13.9. The number of carboxylic acid groups (broad SMARTS) is 1. The number of halogens is 1. The Morgan fingerprint density at radius 1 is 1.28 bits per heavy atom. The zero-order chi connectivity index (χ0) is 18.6. The van der Waals surface area contributed by atoms with Gasteiger partial charge >= 0.3 is 5.97 Å². The maximum Gasteiger partial charge on any atom is 0.326 e. The molecule has 0 aliphatic rings. The number of nitrogens with one attached hydrogen (secondary N) is 1. The number of hydrogen-bond acceptors (Lipinski definition) is 3. The summed E-state index contributed by atoms with van der Waals surface area (Å²) in [6.07, 6.45) is 0.934. The minimum Gasteiger partial charge on any atom is -0.480 e. The van der Waals surface area contributed by atoms with Crippen molar-refractivity contribution >= 4 is 22.8 Å². The number of aliphatic carboxylic acids is 1. The highest BCUT2D eigenvalue weighted by Gasteiger charge is 2.34. The van der Waals surface area contributed by atoms with Crippen molar-refractivity contribution in [3.05, 3.63) is 30.0 Å². The second-order valence-corrected chi connectivity index (χ2v) is 7.10. The summed E-state index contributed by atoms with van der Waals surface area (Å²) in [5.74, 6) is -1.58. The second-order valence-electron chi connectivity index (χ2n) is 7.10. The van der Waals surface area contributed by atoms with Crippen LogP contribution in [0, 0.1) is 5.41 Å². The van der Waals surface area contributed by atoms with Crippen molar-refractivity contribution in [2.45, 2.75) is 46.2 Å². The number of carbonyl (C=O) groups excluding carboxylic acids is 1. The van der Waals surface area contributed by atoms with Gasteiger partial charge in [0.15, 0.2) is 0 Å². The van der Waals surface area contributed by atoms with Crippen molar-refractivity contribution in [2.75, 3.05) is 6.67 Å². The molecule has 0 spiro atoms. The Morgan fingerprint density at radius 3 is 2.56 bits per heavy atom. The Morgan fingerprint density at radius 2 is 1.96 bits per heavy atom. The minimum atomic E-state index is -1.09. The van der Waals surface area contributed by atoms with Crippen LogP contribution in [0.5, 0.6) is 0 Å². The largest absolute Gasteiger partial charge is 0.480 e. The first-order valence-electron chi connectivity index (χ1n) is 8.31. The molecule has 2 N–H and O–H groups in total. The maximum atomic E-state index is 12.8. The third-order valence-electron chi connectivity index (χ3n) is 4.00. The number of aryl methyl sites for hydroxylation is 1. The number of unbranched alkanes of at least 4 members (excludes halogenated alkanes) is 1. The van der Waals surface area contributed by atoms with Gasteiger partial charge in [0, 0.05) is 11.9 Å². The first-order valence-corrected chi connectivity index (χ1v) is 8.31. The molecule has 0 saturated heterocycles. The SMILES string of the molecule is CC(C)(C)[C@H](NC(=O)c1c2ccccc2nn1CCCCF)C(=O)O. The number of benzene rings is 1. The molecule has 0 radical (unpaired) electrons. The maximum absolute atomic E-state index is 12.8. The van der Waals surface area contributed by atoms with Gasteiger partial charge in [-0.2, -0.15) is 5.10 Å². The third-order valence-corrected chi connectivity index (χ3v) is 4.00. The molecule has 1 amide bonds. The number of carboxylic acids is 1. The second kappa shape index (κ2) is 7.63. The minimum absolute atomic E-state index is 0.310. The number of alkyl halides is 1. The van der Waals surface area contributed by atoms with Crippen LogP contribution in [0.25, 0.3) is 10.9 Å². The Kier molecular flexibility index (Phi) is 5.77. The quantitative estimate of drug-likeness (QED) is 0.753. The summed E-state index contributed by atoms with van der Waals surface area (Å²) in [6.45, 7) is 5.23. The lowest BCUT2D eigenvalue weighted by molar-refractivity contribution is -0.142. The predicted octanol–water partition coefficient (Wildman–Crippen LogP) is 3.02. The normalized spacial score (nSPS) is 13.0. The summed E-state index contributed by atoms with van der Waals surface area (Å²) >= 11 is 0. The van der Waals surface area contributed by atoms with Crippen LogP contribution in [0.2, 0.25) is 0 Å². The zero-order valence-electron chi connectivity index (χ0n) is 14.8. The van der Waals surface area contributed by atoms with Gasteiger partial charge in [-0.15, -0.1) is 0 Å². The van der Waals surface area contributed by atoms with Crippen LogP contribution in [0.4, 0.5) is 4.39 Å². The summed E-state index contributed by atoms with van der Waals surface area (Å²) in [7, 11) is 0. The third kappa shape index (κ3) is 4.35. The number of rotatable bonds is 7. The van der Waals surface area contributed by atoms with E-state index < -0.39 is 30.0 Å². The van der Waals surface area contributed by atoms with Gasteiger partial charge in [-0.3, -0.25) is 13.9 Å². The van der Waals surface area contributed by atoms with E-state index in [9.17, 15) is 19.1 Å². The van der Waals surface area contributed by atoms with E-state index in [1.807, 2.05) is 6.07 Å². The number of amides is 1. The van der Waals surface area contributed by atoms with Gasteiger partial charge in [-0.1, -0.05) is 39.0 Å². The molecule has 25 heavy (non-hydrogen) atoms. The van der Waals surface area contributed by atoms with E-state index in [1.165, 1.54) is 4.68 Å². The Labute approximate surface area is 146 Å². The summed E-state index contributed by atoms with van der Waals surface area (Å²) in [6, 6.07) is 6.14. The molecule has 0 saturated carbocycles. The molecule has 6 nitrogen and oxygen atoms in total. The first kappa shape index (κ1) is 18.9. The number of carbonyl (C=O) groups is 2. The van der Waals surface area contributed by atoms with E-state index in [0.29, 0.717) is 36.0 Å². The van der Waals surface area contributed by atoms with Crippen molar-refractivity contribution in [1.29, 1.82) is 0 Å². The van der Waals surface area contributed by atoms with Crippen molar-refractivity contribution in [3.8, 4) is 0 Å². The van der Waals surface area contributed by atoms with Gasteiger partial charge < -0.3 is 10.4 Å². The van der Waals surface area contributed by atoms with Gasteiger partial charge in [0.05, 0.1) is 12.2 Å². The van der Waals surface area contributed by atoms with Gasteiger partial charge in [-0.25, -0.2) is 4.79 Å². The van der Waals surface area contributed by atoms with Crippen molar-refractivity contribution < 1.29 is 19.1 Å². The van der Waals surface area contributed by atoms with Crippen LogP contribution in [-0.2, 0) is 11.3 Å². The average molecular weight is 349 g/mol. The highest BCUT2D eigenvalue weighted by atomic mass is 19.1. The fourth-order valence-electron chi connectivity index (χ4n) is 2.69. The van der Waals surface area contributed by atoms with Crippen LogP contribution in [0.1, 0.15) is 44.1 Å². The first-order chi connectivity index (χ1) is 11.8. The molecule has 1 atom stereocenters. The molecule has 0 bridgehead atoms. The molecule has 0 aliphatic heterocycles. The van der Waals surface area contributed by atoms with Crippen molar-refractivity contribution in [2.24, 2.45) is 5.41 Å². The Bertz CT molecular complexity index is 765. The molecular weight excluding hydrogens is 325 g/mol. The molecule has 136 valence electrons. The van der Waals surface area contributed by atoms with E-state index in [1.54, 1.807) is 39.0 Å². The molecule has 1 aromatic carbocycles. The van der Waals surface area contributed by atoms with E-state index in [0.717, 1.165) is 0 Å². The molecular formula is C18H24FN3O3. The molecule has 0 fully saturated rings. The van der Waals surface area contributed by atoms with Gasteiger partial charge in [-0.05, 0) is 24.3 Å². The average Bonchev–Trinajstić information content (AvgIpc) is 2.89. The van der Waals surface area contributed by atoms with Crippen LogP contribution in [0.3, 0.4) is 0 Å². The van der Waals surface area contributed by atoms with Gasteiger partial charge in [0.25, 0.3) is 5.91 Å². The standard InChI is InChI=1S/C18H24FN3O3/c1-18(2,3)15(17(24)25)20-16(23)14-12-8-4-5-9-13(12)21-22(14)11-7-6-10-19/h4-5,8-9,15H,6-7,10-11H2,1-3H3,(H,20,23)(H,24,25)/t15-/m1/s1. The fraction of sp³-hybridized carbons (Fsp3) is 0.500. The molecule has 1 heterocycles. The number of nitrogens with zero attached hydrogens (tertiary/aromatic N) is 2. The lowest BCUT2D eigenvalue weighted by Gasteiger charge is -2.27. The highest BCUT2D eigenvalue weighted by Crippen LogP contribution is 2.22. The number of hydrogen-bond donors (Lipinski definition) is 2. The van der Waals surface area contributed by atoms with Gasteiger partial charge in [0.2, 0.25) is 0 Å². The summed E-state index contributed by atoms with van der Waals surface area (Å²) in [4.78, 5) is 24.4. The van der Waals surface area contributed by atoms with Crippen LogP contribution < -0.4 is 5.32 Å². The monoisotopic (exact) mass is 349 g/mol. The Hall–Kier alpha value is -2.44. The van der Waals surface area contributed by atoms with Crippen LogP contribution >= 0.6 is 0 Å². The van der Waals surface area contributed by atoms with E-state index in [2.05, 4.69) is 10.4 Å². The fourth-order valence-corrected chi connectivity index (χ4v) is 2.69. The lowest BCUT2D eigenvalue weighted by atomic mass is 9.86. The smallest absolute Gasteiger partial charge is 0.326 e. The van der Waals surface area contributed by atoms with E-state index in [-0.39, 0.29) is 0 Å². The molecule has 7 heteroatoms. The van der Waals surface area contributed by atoms with Crippen molar-refractivity contribution in [1.82, 2.24) is 15.1 Å². The predicted molar refractivity (Wildman–Crippen MR) is 93.3 cm³/mol. The zero-order valence-corrected chi connectivity index (χ0v) is 14.8. The van der Waals surface area contributed by atoms with Gasteiger partial charge in [0.1, 0.15) is 11.7 Å². The van der Waals surface area contributed by atoms with E-state index >= 15 is 0 Å². The number of fused-ring (bicyclic) bond motifs is 1. The molecule has 1 aromatic heterocycles. The molecule has 0 aliphatic carbocycles. The number of aromatic nitrogens is 2. The molecule has 2 rings (SSSR count). The van der Waals surface area contributed by atoms with E-state index in [4.69, 9.17) is 0 Å². The van der Waals surface area contributed by atoms with Crippen LogP contribution in [-0.4, -0.2) is 39.5 Å². The molecule has 0 unspecified atom stereocenters. The topological polar surface area (TPSA) is 84.2 Å².